The van der Waals surface area contributed by atoms with E-state index in [-0.39, 0.29) is 17.3 Å². The van der Waals surface area contributed by atoms with Gasteiger partial charge in [-0.1, -0.05) is 0 Å². The lowest BCUT2D eigenvalue weighted by Crippen LogP contribution is -2.34. The van der Waals surface area contributed by atoms with E-state index in [2.05, 4.69) is 10.4 Å². The maximum atomic E-state index is 13.6. The molecule has 7 nitrogen and oxygen atoms in total. The molecule has 0 spiro atoms. The molecule has 0 aliphatic carbocycles. The lowest BCUT2D eigenvalue weighted by atomic mass is 10.3. The van der Waals surface area contributed by atoms with Crippen LogP contribution in [0, 0.1) is 11.6 Å². The highest BCUT2D eigenvalue weighted by Crippen LogP contribution is 2.15. The second-order valence-corrected chi connectivity index (χ2v) is 5.89. The van der Waals surface area contributed by atoms with Crippen LogP contribution < -0.4 is 10.9 Å². The topological polar surface area (TPSA) is 84.3 Å². The molecule has 1 aliphatic rings. The Morgan fingerprint density at radius 1 is 1.12 bits per heavy atom. The highest BCUT2D eigenvalue weighted by Gasteiger charge is 2.21. The summed E-state index contributed by atoms with van der Waals surface area (Å²) in [5.74, 6) is -2.74. The second-order valence-electron chi connectivity index (χ2n) is 5.89. The summed E-state index contributed by atoms with van der Waals surface area (Å²) in [7, 11) is 0. The molecule has 2 amide bonds. The zero-order chi connectivity index (χ0) is 18.7. The monoisotopic (exact) mass is 362 g/mol. The minimum atomic E-state index is -0.934. The molecule has 0 saturated carbocycles. The molecule has 0 bridgehead atoms. The van der Waals surface area contributed by atoms with Gasteiger partial charge in [0.05, 0.1) is 5.69 Å². The van der Waals surface area contributed by atoms with E-state index in [0.29, 0.717) is 19.2 Å². The maximum Gasteiger partial charge on any atom is 0.274 e. The van der Waals surface area contributed by atoms with E-state index in [1.165, 1.54) is 6.07 Å². The molecular weight excluding hydrogens is 346 g/mol. The molecule has 1 fully saturated rings. The molecule has 9 heteroatoms. The van der Waals surface area contributed by atoms with Gasteiger partial charge < -0.3 is 10.2 Å². The number of anilines is 1. The molecule has 0 unspecified atom stereocenters. The molecule has 136 valence electrons. The average molecular weight is 362 g/mol. The summed E-state index contributed by atoms with van der Waals surface area (Å²) >= 11 is 0. The van der Waals surface area contributed by atoms with E-state index < -0.39 is 29.6 Å². The first-order chi connectivity index (χ1) is 12.4. The van der Waals surface area contributed by atoms with Gasteiger partial charge in [0.1, 0.15) is 23.9 Å². The number of hydrogen-bond donors (Lipinski definition) is 1. The van der Waals surface area contributed by atoms with Crippen LogP contribution in [0.1, 0.15) is 23.3 Å². The molecule has 26 heavy (non-hydrogen) atoms. The third-order valence-corrected chi connectivity index (χ3v) is 3.98. The third-order valence-electron chi connectivity index (χ3n) is 3.98. The van der Waals surface area contributed by atoms with E-state index in [0.717, 1.165) is 35.7 Å². The quantitative estimate of drug-likeness (QED) is 0.891. The molecule has 1 aliphatic heterocycles. The Balaban J connectivity index is 1.74. The Hall–Kier alpha value is -3.10. The minimum Gasteiger partial charge on any atom is -0.337 e. The molecule has 2 heterocycles. The van der Waals surface area contributed by atoms with Gasteiger partial charge in [0.15, 0.2) is 0 Å². The van der Waals surface area contributed by atoms with Gasteiger partial charge in [0.25, 0.3) is 11.5 Å². The Morgan fingerprint density at radius 2 is 1.85 bits per heavy atom. The number of likely N-dealkylation sites (tertiary alicyclic amines) is 1. The normalized spacial score (nSPS) is 13.7. The highest BCUT2D eigenvalue weighted by atomic mass is 19.1. The van der Waals surface area contributed by atoms with Gasteiger partial charge in [-0.2, -0.15) is 5.10 Å². The highest BCUT2D eigenvalue weighted by molar-refractivity contribution is 5.92. The minimum absolute atomic E-state index is 0.0623. The van der Waals surface area contributed by atoms with Crippen LogP contribution in [0.3, 0.4) is 0 Å². The van der Waals surface area contributed by atoms with Crippen LogP contribution in [0.5, 0.6) is 0 Å². The number of hydrogen-bond acceptors (Lipinski definition) is 4. The number of carbonyl (C=O) groups is 2. The summed E-state index contributed by atoms with van der Waals surface area (Å²) in [4.78, 5) is 37.9. The van der Waals surface area contributed by atoms with Crippen LogP contribution in [0.2, 0.25) is 0 Å². The Bertz CT molecular complexity index is 907. The zero-order valence-electron chi connectivity index (χ0n) is 13.7. The van der Waals surface area contributed by atoms with Gasteiger partial charge in [0.2, 0.25) is 5.91 Å². The Labute approximate surface area is 147 Å². The standard InChI is InChI=1S/C17H16F2N4O3/c18-11-3-4-13(12(19)9-11)20-15(24)10-23-16(25)6-5-14(21-23)17(26)22-7-1-2-8-22/h3-6,9H,1-2,7-8,10H2,(H,20,24). The average Bonchev–Trinajstić information content (AvgIpc) is 3.13. The van der Waals surface area contributed by atoms with Crippen LogP contribution >= 0.6 is 0 Å². The van der Waals surface area contributed by atoms with Gasteiger partial charge in [0, 0.05) is 25.2 Å². The smallest absolute Gasteiger partial charge is 0.274 e. The summed E-state index contributed by atoms with van der Waals surface area (Å²) < 4.78 is 27.3. The molecule has 3 rings (SSSR count). The Kier molecular flexibility index (Phi) is 5.06. The molecule has 0 atom stereocenters. The fourth-order valence-corrected chi connectivity index (χ4v) is 2.68. The number of amides is 2. The number of nitrogens with zero attached hydrogens (tertiary/aromatic N) is 3. The summed E-state index contributed by atoms with van der Waals surface area (Å²) in [6.45, 7) is 0.755. The largest absolute Gasteiger partial charge is 0.337 e. The van der Waals surface area contributed by atoms with Crippen molar-refractivity contribution in [3.8, 4) is 0 Å². The van der Waals surface area contributed by atoms with Crippen LogP contribution in [0.25, 0.3) is 0 Å². The van der Waals surface area contributed by atoms with Crippen molar-refractivity contribution in [1.82, 2.24) is 14.7 Å². The third kappa shape index (κ3) is 3.93. The maximum absolute atomic E-state index is 13.6. The van der Waals surface area contributed by atoms with E-state index in [1.54, 1.807) is 4.90 Å². The van der Waals surface area contributed by atoms with Gasteiger partial charge in [-0.3, -0.25) is 14.4 Å². The van der Waals surface area contributed by atoms with Crippen molar-refractivity contribution < 1.29 is 18.4 Å². The lowest BCUT2D eigenvalue weighted by Gasteiger charge is -2.15. The SMILES string of the molecule is O=C(Cn1nc(C(=O)N2CCCC2)ccc1=O)Nc1ccc(F)cc1F. The summed E-state index contributed by atoms with van der Waals surface area (Å²) in [5, 5.41) is 6.17. The van der Waals surface area contributed by atoms with Gasteiger partial charge in [-0.05, 0) is 31.0 Å². The van der Waals surface area contributed by atoms with Crippen molar-refractivity contribution in [1.29, 1.82) is 0 Å². The fourth-order valence-electron chi connectivity index (χ4n) is 2.68. The first kappa shape index (κ1) is 17.7. The zero-order valence-corrected chi connectivity index (χ0v) is 13.7. The van der Waals surface area contributed by atoms with Crippen molar-refractivity contribution in [2.45, 2.75) is 19.4 Å². The molecule has 1 aromatic heterocycles. The van der Waals surface area contributed by atoms with Gasteiger partial charge in [-0.15, -0.1) is 0 Å². The predicted molar refractivity (Wildman–Crippen MR) is 88.6 cm³/mol. The Morgan fingerprint density at radius 3 is 2.54 bits per heavy atom. The van der Waals surface area contributed by atoms with Crippen molar-refractivity contribution in [2.24, 2.45) is 0 Å². The van der Waals surface area contributed by atoms with Gasteiger partial charge >= 0.3 is 0 Å². The number of benzene rings is 1. The van der Waals surface area contributed by atoms with E-state index in [9.17, 15) is 23.2 Å². The van der Waals surface area contributed by atoms with E-state index >= 15 is 0 Å². The molecule has 2 aromatic rings. The van der Waals surface area contributed by atoms with Crippen LogP contribution in [0.4, 0.5) is 14.5 Å². The first-order valence-electron chi connectivity index (χ1n) is 8.06. The van der Waals surface area contributed by atoms with Crippen molar-refractivity contribution in [3.63, 3.8) is 0 Å². The lowest BCUT2D eigenvalue weighted by molar-refractivity contribution is -0.117. The number of halogens is 2. The van der Waals surface area contributed by atoms with Crippen molar-refractivity contribution in [3.05, 3.63) is 58.0 Å². The van der Waals surface area contributed by atoms with Crippen LogP contribution in [0.15, 0.2) is 35.1 Å². The number of nitrogens with one attached hydrogen (secondary N) is 1. The van der Waals surface area contributed by atoms with Crippen molar-refractivity contribution in [2.75, 3.05) is 18.4 Å². The molecule has 0 radical (unpaired) electrons. The summed E-state index contributed by atoms with van der Waals surface area (Å²) in [6, 6.07) is 5.18. The summed E-state index contributed by atoms with van der Waals surface area (Å²) in [6.07, 6.45) is 1.83. The molecule has 1 aromatic carbocycles. The predicted octanol–water partition coefficient (Wildman–Crippen LogP) is 1.40. The number of rotatable bonds is 4. The first-order valence-corrected chi connectivity index (χ1v) is 8.06. The molecule has 1 saturated heterocycles. The van der Waals surface area contributed by atoms with E-state index in [1.807, 2.05) is 0 Å². The molecular formula is C17H16F2N4O3. The van der Waals surface area contributed by atoms with Crippen LogP contribution in [-0.4, -0.2) is 39.6 Å². The van der Waals surface area contributed by atoms with Crippen molar-refractivity contribution >= 4 is 17.5 Å². The van der Waals surface area contributed by atoms with Gasteiger partial charge in [-0.25, -0.2) is 13.5 Å². The van der Waals surface area contributed by atoms with E-state index in [4.69, 9.17) is 0 Å². The number of aromatic nitrogens is 2. The van der Waals surface area contributed by atoms with Crippen LogP contribution in [-0.2, 0) is 11.3 Å². The fraction of sp³-hybridized carbons (Fsp3) is 0.294. The molecule has 1 N–H and O–H groups in total. The second kappa shape index (κ2) is 7.42. The number of carbonyl (C=O) groups excluding carboxylic acids is 2. The summed E-state index contributed by atoms with van der Waals surface area (Å²) in [5.41, 5.74) is -0.723.